The molecule has 7 heteroatoms. The highest BCUT2D eigenvalue weighted by Crippen LogP contribution is 2.21. The Bertz CT molecular complexity index is 1410. The molecule has 5 rings (SSSR count). The minimum atomic E-state index is -0.736. The summed E-state index contributed by atoms with van der Waals surface area (Å²) in [6, 6.07) is 21.0. The molecule has 2 atom stereocenters. The third-order valence-corrected chi connectivity index (χ3v) is 7.68. The smallest absolute Gasteiger partial charge is 0.243 e. The molecule has 1 aromatic heterocycles. The third-order valence-electron chi connectivity index (χ3n) is 7.68. The second-order valence-electron chi connectivity index (χ2n) is 10.5. The number of likely N-dealkylation sites (tertiary alicyclic amines) is 1. The number of para-hydroxylation sites is 1. The fourth-order valence-corrected chi connectivity index (χ4v) is 5.40. The SMILES string of the molecule is CN1CCC(C(=O)NC(Cc2ccc3ccccc3c2)C(=O)NC(CO)Cc2c[nH]c3ccccc23)CC1. The van der Waals surface area contributed by atoms with Gasteiger partial charge in [0.15, 0.2) is 0 Å². The third kappa shape index (κ3) is 6.06. The molecular weight excluding hydrogens is 476 g/mol. The molecule has 3 aromatic carbocycles. The van der Waals surface area contributed by atoms with E-state index in [1.165, 1.54) is 0 Å². The molecule has 38 heavy (non-hydrogen) atoms. The summed E-state index contributed by atoms with van der Waals surface area (Å²) in [5, 5.41) is 19.5. The molecule has 2 amide bonds. The quantitative estimate of drug-likeness (QED) is 0.276. The van der Waals surface area contributed by atoms with E-state index in [1.54, 1.807) is 0 Å². The number of aliphatic hydroxyl groups is 1. The number of amides is 2. The van der Waals surface area contributed by atoms with Crippen molar-refractivity contribution in [3.8, 4) is 0 Å². The number of hydrogen-bond acceptors (Lipinski definition) is 4. The van der Waals surface area contributed by atoms with Crippen LogP contribution in [0.1, 0.15) is 24.0 Å². The monoisotopic (exact) mass is 512 g/mol. The number of carbonyl (C=O) groups is 2. The lowest BCUT2D eigenvalue weighted by Crippen LogP contribution is -2.53. The topological polar surface area (TPSA) is 97.5 Å². The maximum Gasteiger partial charge on any atom is 0.243 e. The minimum Gasteiger partial charge on any atom is -0.394 e. The van der Waals surface area contributed by atoms with Crippen molar-refractivity contribution >= 4 is 33.5 Å². The van der Waals surface area contributed by atoms with E-state index in [1.807, 2.05) is 60.8 Å². The Kier molecular flexibility index (Phi) is 8.05. The van der Waals surface area contributed by atoms with Crippen LogP contribution in [0.2, 0.25) is 0 Å². The van der Waals surface area contributed by atoms with Gasteiger partial charge in [-0.15, -0.1) is 0 Å². The summed E-state index contributed by atoms with van der Waals surface area (Å²) in [6.07, 6.45) is 4.35. The number of carbonyl (C=O) groups excluding carboxylic acids is 2. The minimum absolute atomic E-state index is 0.0729. The lowest BCUT2D eigenvalue weighted by Gasteiger charge is -2.30. The number of piperidine rings is 1. The fraction of sp³-hybridized carbons (Fsp3) is 0.355. The molecule has 1 fully saturated rings. The normalized spacial score (nSPS) is 16.4. The average Bonchev–Trinajstić information content (AvgIpc) is 3.35. The average molecular weight is 513 g/mol. The molecule has 0 spiro atoms. The molecule has 0 bridgehead atoms. The van der Waals surface area contributed by atoms with Gasteiger partial charge in [-0.05, 0) is 67.4 Å². The van der Waals surface area contributed by atoms with Crippen molar-refractivity contribution in [3.63, 3.8) is 0 Å². The van der Waals surface area contributed by atoms with E-state index in [-0.39, 0.29) is 24.3 Å². The van der Waals surface area contributed by atoms with Crippen LogP contribution in [0.4, 0.5) is 0 Å². The number of hydrogen-bond donors (Lipinski definition) is 4. The Balaban J connectivity index is 1.33. The van der Waals surface area contributed by atoms with Crippen LogP contribution in [0.25, 0.3) is 21.7 Å². The maximum atomic E-state index is 13.6. The van der Waals surface area contributed by atoms with Crippen molar-refractivity contribution in [3.05, 3.63) is 84.1 Å². The molecule has 0 saturated carbocycles. The number of aromatic nitrogens is 1. The van der Waals surface area contributed by atoms with Crippen LogP contribution < -0.4 is 10.6 Å². The zero-order chi connectivity index (χ0) is 26.5. The van der Waals surface area contributed by atoms with Gasteiger partial charge >= 0.3 is 0 Å². The molecule has 4 aromatic rings. The van der Waals surface area contributed by atoms with Crippen molar-refractivity contribution in [2.75, 3.05) is 26.7 Å². The van der Waals surface area contributed by atoms with E-state index >= 15 is 0 Å². The molecule has 2 heterocycles. The summed E-state index contributed by atoms with van der Waals surface area (Å²) >= 11 is 0. The number of H-pyrrole nitrogens is 1. The Labute approximate surface area is 223 Å². The highest BCUT2D eigenvalue weighted by Gasteiger charge is 2.29. The van der Waals surface area contributed by atoms with Gasteiger partial charge in [-0.1, -0.05) is 60.7 Å². The first kappa shape index (κ1) is 25.9. The Morgan fingerprint density at radius 3 is 2.50 bits per heavy atom. The zero-order valence-corrected chi connectivity index (χ0v) is 21.8. The number of benzene rings is 3. The van der Waals surface area contributed by atoms with Gasteiger partial charge in [0.25, 0.3) is 0 Å². The Hall–Kier alpha value is -3.68. The molecule has 7 nitrogen and oxygen atoms in total. The number of nitrogens with one attached hydrogen (secondary N) is 3. The van der Waals surface area contributed by atoms with E-state index in [0.717, 1.165) is 58.7 Å². The van der Waals surface area contributed by atoms with Gasteiger partial charge in [0.1, 0.15) is 6.04 Å². The van der Waals surface area contributed by atoms with Gasteiger partial charge in [-0.2, -0.15) is 0 Å². The molecule has 0 aliphatic carbocycles. The molecule has 1 aliphatic heterocycles. The van der Waals surface area contributed by atoms with Crippen molar-refractivity contribution in [1.29, 1.82) is 0 Å². The van der Waals surface area contributed by atoms with E-state index in [0.29, 0.717) is 12.8 Å². The highest BCUT2D eigenvalue weighted by molar-refractivity contribution is 5.90. The van der Waals surface area contributed by atoms with E-state index in [9.17, 15) is 14.7 Å². The van der Waals surface area contributed by atoms with Crippen molar-refractivity contribution in [2.24, 2.45) is 5.92 Å². The summed E-state index contributed by atoms with van der Waals surface area (Å²) in [6.45, 7) is 1.55. The van der Waals surface area contributed by atoms with Crippen LogP contribution in [0.15, 0.2) is 72.9 Å². The largest absolute Gasteiger partial charge is 0.394 e. The van der Waals surface area contributed by atoms with Gasteiger partial charge < -0.3 is 25.6 Å². The second kappa shape index (κ2) is 11.8. The van der Waals surface area contributed by atoms with Crippen LogP contribution >= 0.6 is 0 Å². The Morgan fingerprint density at radius 1 is 0.974 bits per heavy atom. The standard InChI is InChI=1S/C31H36N4O3/c1-35-14-12-23(13-15-35)30(37)34-29(17-21-10-11-22-6-2-3-7-24(22)16-21)31(38)33-26(20-36)18-25-19-32-28-9-5-4-8-27(25)28/h2-11,16,19,23,26,29,32,36H,12-15,17-18,20H2,1H3,(H,33,38)(H,34,37). The first-order chi connectivity index (χ1) is 18.5. The van der Waals surface area contributed by atoms with Crippen molar-refractivity contribution < 1.29 is 14.7 Å². The summed E-state index contributed by atoms with van der Waals surface area (Å²) in [5.74, 6) is -0.451. The van der Waals surface area contributed by atoms with Crippen LogP contribution in [0.3, 0.4) is 0 Å². The predicted molar refractivity (Wildman–Crippen MR) is 151 cm³/mol. The van der Waals surface area contributed by atoms with Gasteiger partial charge in [0, 0.05) is 29.4 Å². The number of rotatable bonds is 9. The molecule has 198 valence electrons. The van der Waals surface area contributed by atoms with Crippen LogP contribution in [0.5, 0.6) is 0 Å². The first-order valence-electron chi connectivity index (χ1n) is 13.4. The lowest BCUT2D eigenvalue weighted by molar-refractivity contribution is -0.132. The zero-order valence-electron chi connectivity index (χ0n) is 21.8. The van der Waals surface area contributed by atoms with Gasteiger partial charge in [-0.3, -0.25) is 9.59 Å². The second-order valence-corrected chi connectivity index (χ2v) is 10.5. The summed E-state index contributed by atoms with van der Waals surface area (Å²) in [5.41, 5.74) is 3.02. The molecular formula is C31H36N4O3. The maximum absolute atomic E-state index is 13.6. The van der Waals surface area contributed by atoms with Crippen LogP contribution in [0, 0.1) is 5.92 Å². The lowest BCUT2D eigenvalue weighted by atomic mass is 9.95. The summed E-state index contributed by atoms with van der Waals surface area (Å²) in [4.78, 5) is 32.3. The summed E-state index contributed by atoms with van der Waals surface area (Å²) < 4.78 is 0. The van der Waals surface area contributed by atoms with Gasteiger partial charge in [0.2, 0.25) is 11.8 Å². The molecule has 1 aliphatic rings. The number of nitrogens with zero attached hydrogens (tertiary/aromatic N) is 1. The van der Waals surface area contributed by atoms with Crippen LogP contribution in [-0.4, -0.2) is 65.6 Å². The van der Waals surface area contributed by atoms with Gasteiger partial charge in [-0.25, -0.2) is 0 Å². The Morgan fingerprint density at radius 2 is 1.71 bits per heavy atom. The van der Waals surface area contributed by atoms with E-state index in [2.05, 4.69) is 39.7 Å². The molecule has 4 N–H and O–H groups in total. The van der Waals surface area contributed by atoms with E-state index in [4.69, 9.17) is 0 Å². The van der Waals surface area contributed by atoms with Gasteiger partial charge in [0.05, 0.1) is 12.6 Å². The first-order valence-corrected chi connectivity index (χ1v) is 13.4. The van der Waals surface area contributed by atoms with Crippen molar-refractivity contribution in [1.82, 2.24) is 20.5 Å². The predicted octanol–water partition coefficient (Wildman–Crippen LogP) is 3.41. The molecule has 0 radical (unpaired) electrons. The number of aromatic amines is 1. The number of aliphatic hydroxyl groups excluding tert-OH is 1. The fourth-order valence-electron chi connectivity index (χ4n) is 5.40. The summed E-state index contributed by atoms with van der Waals surface area (Å²) in [7, 11) is 2.06. The van der Waals surface area contributed by atoms with Crippen molar-refractivity contribution in [2.45, 2.75) is 37.8 Å². The number of fused-ring (bicyclic) bond motifs is 2. The molecule has 1 saturated heterocycles. The van der Waals surface area contributed by atoms with E-state index < -0.39 is 12.1 Å². The highest BCUT2D eigenvalue weighted by atomic mass is 16.3. The molecule has 2 unspecified atom stereocenters. The van der Waals surface area contributed by atoms with Crippen LogP contribution in [-0.2, 0) is 22.4 Å².